The van der Waals surface area contributed by atoms with Crippen LogP contribution in [-0.2, 0) is 13.2 Å². The van der Waals surface area contributed by atoms with E-state index in [1.807, 2.05) is 86.6 Å². The van der Waals surface area contributed by atoms with E-state index in [0.29, 0.717) is 33.9 Å². The second-order valence-electron chi connectivity index (χ2n) is 11.2. The van der Waals surface area contributed by atoms with Crippen molar-refractivity contribution >= 4 is 33.7 Å². The van der Waals surface area contributed by atoms with Crippen LogP contribution < -0.4 is 20.9 Å². The van der Waals surface area contributed by atoms with Crippen molar-refractivity contribution in [3.8, 4) is 45.9 Å². The smallest absolute Gasteiger partial charge is 0.183 e. The Labute approximate surface area is 274 Å². The number of anilines is 2. The molecular formula is C36H28N10O2. The van der Waals surface area contributed by atoms with Crippen molar-refractivity contribution in [2.75, 3.05) is 11.5 Å². The number of aryl methyl sites for hydroxylation is 2. The number of nitrogens with one attached hydrogen (secondary N) is 2. The Morgan fingerprint density at radius 2 is 1.02 bits per heavy atom. The number of rotatable bonds is 8. The first-order valence-electron chi connectivity index (χ1n) is 15.0. The molecule has 7 rings (SSSR count). The van der Waals surface area contributed by atoms with Gasteiger partial charge >= 0.3 is 0 Å². The fourth-order valence-electron chi connectivity index (χ4n) is 5.86. The van der Waals surface area contributed by atoms with E-state index in [2.05, 4.69) is 42.5 Å². The number of pyridine rings is 2. The number of nitrogen functional groups attached to an aromatic ring is 2. The van der Waals surface area contributed by atoms with E-state index < -0.39 is 0 Å². The van der Waals surface area contributed by atoms with Crippen LogP contribution in [0.2, 0.25) is 0 Å². The Kier molecular flexibility index (Phi) is 7.51. The quantitative estimate of drug-likeness (QED) is 0.148. The van der Waals surface area contributed by atoms with Crippen molar-refractivity contribution in [1.29, 1.82) is 10.5 Å². The number of para-hydroxylation sites is 2. The number of benzene rings is 3. The highest BCUT2D eigenvalue weighted by Crippen LogP contribution is 2.41. The summed E-state index contributed by atoms with van der Waals surface area (Å²) in [6, 6.07) is 27.4. The highest BCUT2D eigenvalue weighted by Gasteiger charge is 2.23. The molecule has 0 aliphatic heterocycles. The number of aromatic amines is 2. The highest BCUT2D eigenvalue weighted by molar-refractivity contribution is 6.02. The fourth-order valence-corrected chi connectivity index (χ4v) is 5.86. The van der Waals surface area contributed by atoms with Gasteiger partial charge in [-0.1, -0.05) is 60.7 Å². The number of aromatic nitrogens is 6. The van der Waals surface area contributed by atoms with E-state index in [1.165, 1.54) is 0 Å². The van der Waals surface area contributed by atoms with Crippen molar-refractivity contribution in [2.24, 2.45) is 0 Å². The van der Waals surface area contributed by atoms with E-state index in [4.69, 9.17) is 20.9 Å². The van der Waals surface area contributed by atoms with E-state index >= 15 is 0 Å². The molecular weight excluding hydrogens is 604 g/mol. The maximum Gasteiger partial charge on any atom is 0.183 e. The summed E-state index contributed by atoms with van der Waals surface area (Å²) < 4.78 is 12.6. The topological polar surface area (TPSA) is 201 Å². The Balaban J connectivity index is 1.11. The summed E-state index contributed by atoms with van der Waals surface area (Å²) in [6.07, 6.45) is 0. The van der Waals surface area contributed by atoms with Crippen molar-refractivity contribution in [3.05, 3.63) is 106 Å². The summed E-state index contributed by atoms with van der Waals surface area (Å²) in [5.41, 5.74) is 19.9. The van der Waals surface area contributed by atoms with Crippen molar-refractivity contribution in [2.45, 2.75) is 27.1 Å². The molecule has 7 aromatic rings. The lowest BCUT2D eigenvalue weighted by molar-refractivity contribution is 0.304. The van der Waals surface area contributed by atoms with Crippen LogP contribution in [0.5, 0.6) is 11.5 Å². The molecule has 0 saturated carbocycles. The largest absolute Gasteiger partial charge is 0.488 e. The second-order valence-corrected chi connectivity index (χ2v) is 11.2. The van der Waals surface area contributed by atoms with Gasteiger partial charge in [-0.25, -0.2) is 9.97 Å². The predicted molar refractivity (Wildman–Crippen MR) is 181 cm³/mol. The van der Waals surface area contributed by atoms with Crippen LogP contribution in [0.1, 0.15) is 33.6 Å². The monoisotopic (exact) mass is 632 g/mol. The van der Waals surface area contributed by atoms with Gasteiger partial charge in [0.25, 0.3) is 0 Å². The summed E-state index contributed by atoms with van der Waals surface area (Å²) in [6.45, 7) is 4.33. The average molecular weight is 633 g/mol. The third kappa shape index (κ3) is 5.13. The maximum atomic E-state index is 9.97. The molecule has 0 saturated heterocycles. The number of nitriles is 2. The summed E-state index contributed by atoms with van der Waals surface area (Å²) >= 11 is 0. The first-order valence-corrected chi connectivity index (χ1v) is 15.0. The van der Waals surface area contributed by atoms with Gasteiger partial charge in [0.15, 0.2) is 11.3 Å². The normalized spacial score (nSPS) is 11.0. The third-order valence-electron chi connectivity index (χ3n) is 8.17. The molecule has 0 aliphatic rings. The first-order chi connectivity index (χ1) is 23.4. The molecule has 0 amide bonds. The number of H-pyrrole nitrogens is 2. The highest BCUT2D eigenvalue weighted by atomic mass is 16.5. The van der Waals surface area contributed by atoms with Crippen LogP contribution in [0.15, 0.2) is 72.8 Å². The molecule has 6 N–H and O–H groups in total. The number of nitrogens with two attached hydrogens (primary N) is 2. The molecule has 3 aromatic carbocycles. The summed E-state index contributed by atoms with van der Waals surface area (Å²) in [5.74, 6) is 1.42. The number of hydrogen-bond donors (Lipinski definition) is 4. The van der Waals surface area contributed by atoms with Crippen LogP contribution >= 0.6 is 0 Å². The van der Waals surface area contributed by atoms with Crippen molar-refractivity contribution < 1.29 is 9.47 Å². The van der Waals surface area contributed by atoms with E-state index in [9.17, 15) is 10.5 Å². The van der Waals surface area contributed by atoms with Gasteiger partial charge in [0.2, 0.25) is 0 Å². The van der Waals surface area contributed by atoms with Crippen LogP contribution in [0.25, 0.3) is 44.3 Å². The van der Waals surface area contributed by atoms with Crippen molar-refractivity contribution in [1.82, 2.24) is 30.4 Å². The molecule has 48 heavy (non-hydrogen) atoms. The van der Waals surface area contributed by atoms with E-state index in [-0.39, 0.29) is 36.0 Å². The fraction of sp³-hybridized carbons (Fsp3) is 0.111. The van der Waals surface area contributed by atoms with Crippen molar-refractivity contribution in [3.63, 3.8) is 0 Å². The number of hydrogen-bond acceptors (Lipinski definition) is 10. The summed E-state index contributed by atoms with van der Waals surface area (Å²) in [5, 5.41) is 35.8. The van der Waals surface area contributed by atoms with Gasteiger partial charge in [-0.05, 0) is 37.1 Å². The van der Waals surface area contributed by atoms with Crippen LogP contribution in [0, 0.1) is 36.5 Å². The molecule has 0 radical (unpaired) electrons. The zero-order valence-corrected chi connectivity index (χ0v) is 26.0. The van der Waals surface area contributed by atoms with Gasteiger partial charge in [-0.15, -0.1) is 0 Å². The molecule has 4 aromatic heterocycles. The third-order valence-corrected chi connectivity index (χ3v) is 8.17. The minimum Gasteiger partial charge on any atom is -0.488 e. The zero-order chi connectivity index (χ0) is 33.4. The molecule has 0 aliphatic carbocycles. The lowest BCUT2D eigenvalue weighted by atomic mass is 9.96. The summed E-state index contributed by atoms with van der Waals surface area (Å²) in [4.78, 5) is 8.60. The lowest BCUT2D eigenvalue weighted by Crippen LogP contribution is -2.02. The molecule has 0 fully saturated rings. The van der Waals surface area contributed by atoms with Gasteiger partial charge in [0.05, 0.1) is 10.8 Å². The second kappa shape index (κ2) is 12.1. The number of ether oxygens (including phenoxy) is 2. The Morgan fingerprint density at radius 1 is 0.625 bits per heavy atom. The standard InChI is InChI=1S/C36H28N10O2/c1-19-29-31(25(15-37)33(39)41-35(29)45-43-19)23-7-3-5-9-27(23)47-17-21-11-13-22(14-12-21)18-48-28-10-6-4-8-24(28)32-26(16-38)34(40)42-36-30(32)20(2)44-46-36/h3-14H,17-18H2,1-2H3,(H3,39,41,43,45)(H3,40,42,44,46). The van der Waals surface area contributed by atoms with Gasteiger partial charge in [-0.3, -0.25) is 10.2 Å². The lowest BCUT2D eigenvalue weighted by Gasteiger charge is -2.15. The summed E-state index contributed by atoms with van der Waals surface area (Å²) in [7, 11) is 0. The Hall–Kier alpha value is -6.92. The molecule has 12 heteroatoms. The Morgan fingerprint density at radius 3 is 1.42 bits per heavy atom. The molecule has 12 nitrogen and oxygen atoms in total. The molecule has 0 spiro atoms. The van der Waals surface area contributed by atoms with Crippen LogP contribution in [0.3, 0.4) is 0 Å². The minimum atomic E-state index is 0.113. The molecule has 0 bridgehead atoms. The average Bonchev–Trinajstić information content (AvgIpc) is 3.66. The molecule has 0 atom stereocenters. The van der Waals surface area contributed by atoms with Gasteiger partial charge in [0.1, 0.15) is 59.6 Å². The number of fused-ring (bicyclic) bond motifs is 2. The van der Waals surface area contributed by atoms with Gasteiger partial charge in [-0.2, -0.15) is 20.7 Å². The maximum absolute atomic E-state index is 9.97. The van der Waals surface area contributed by atoms with Gasteiger partial charge in [0, 0.05) is 33.6 Å². The molecule has 0 unspecified atom stereocenters. The molecule has 234 valence electrons. The van der Waals surface area contributed by atoms with Crippen LogP contribution in [0.4, 0.5) is 11.6 Å². The minimum absolute atomic E-state index is 0.113. The SMILES string of the molecule is Cc1[nH]nc2nc(N)c(C#N)c(-c3ccccc3OCc3ccc(COc4ccccc4-c4c(C#N)c(N)nc5n[nH]c(C)c45)cc3)c12. The van der Waals surface area contributed by atoms with E-state index in [0.717, 1.165) is 44.4 Å². The molecule has 4 heterocycles. The predicted octanol–water partition coefficient (Wildman–Crippen LogP) is 6.25. The number of nitrogens with zero attached hydrogens (tertiary/aromatic N) is 6. The van der Waals surface area contributed by atoms with Crippen LogP contribution in [-0.4, -0.2) is 30.4 Å². The van der Waals surface area contributed by atoms with E-state index in [1.54, 1.807) is 0 Å². The van der Waals surface area contributed by atoms with Gasteiger partial charge < -0.3 is 20.9 Å². The zero-order valence-electron chi connectivity index (χ0n) is 26.0. The Bertz CT molecular complexity index is 2260. The first kappa shape index (κ1) is 29.8.